The van der Waals surface area contributed by atoms with Crippen molar-refractivity contribution < 1.29 is 19.1 Å². The van der Waals surface area contributed by atoms with Gasteiger partial charge in [0.2, 0.25) is 0 Å². The summed E-state index contributed by atoms with van der Waals surface area (Å²) in [4.78, 5) is 30.6. The summed E-state index contributed by atoms with van der Waals surface area (Å²) in [7, 11) is 1.65. The van der Waals surface area contributed by atoms with Gasteiger partial charge >= 0.3 is 5.97 Å². The Hall–Kier alpha value is -2.80. The van der Waals surface area contributed by atoms with Crippen molar-refractivity contribution in [1.29, 1.82) is 0 Å². The van der Waals surface area contributed by atoms with Crippen LogP contribution < -0.4 is 10.1 Å². The van der Waals surface area contributed by atoms with E-state index in [2.05, 4.69) is 27.3 Å². The van der Waals surface area contributed by atoms with Crippen molar-refractivity contribution in [2.75, 3.05) is 33.4 Å². The Bertz CT molecular complexity index is 883. The fourth-order valence-electron chi connectivity index (χ4n) is 4.10. The fourth-order valence-corrected chi connectivity index (χ4v) is 4.10. The number of carbonyl (C=O) groups is 2. The van der Waals surface area contributed by atoms with Crippen LogP contribution in [-0.2, 0) is 4.74 Å². The summed E-state index contributed by atoms with van der Waals surface area (Å²) < 4.78 is 10.4. The highest BCUT2D eigenvalue weighted by Gasteiger charge is 2.26. The molecule has 1 aromatic heterocycles. The molecule has 1 amide bonds. The lowest BCUT2D eigenvalue weighted by atomic mass is 10.0. The molecule has 2 aromatic rings. The number of ether oxygens (including phenoxy) is 2. The minimum absolute atomic E-state index is 0.0863. The molecule has 0 saturated carbocycles. The number of methoxy groups -OCH3 is 1. The Labute approximate surface area is 177 Å². The molecule has 2 heterocycles. The predicted molar refractivity (Wildman–Crippen MR) is 115 cm³/mol. The Morgan fingerprint density at radius 3 is 2.43 bits per heavy atom. The van der Waals surface area contributed by atoms with E-state index >= 15 is 0 Å². The molecule has 1 atom stereocenters. The predicted octanol–water partition coefficient (Wildman–Crippen LogP) is 3.38. The topological polar surface area (TPSA) is 83.7 Å². The molecule has 7 heteroatoms. The third-order valence-corrected chi connectivity index (χ3v) is 5.68. The number of esters is 1. The lowest BCUT2D eigenvalue weighted by Crippen LogP contribution is -2.37. The Morgan fingerprint density at radius 2 is 1.83 bits per heavy atom. The Balaban J connectivity index is 1.76. The minimum Gasteiger partial charge on any atom is -0.497 e. The molecule has 0 unspecified atom stereocenters. The van der Waals surface area contributed by atoms with Crippen molar-refractivity contribution in [1.82, 2.24) is 15.2 Å². The number of aromatic nitrogens is 1. The second kappa shape index (κ2) is 9.80. The van der Waals surface area contributed by atoms with Gasteiger partial charge in [0.15, 0.2) is 0 Å². The first-order valence-electron chi connectivity index (χ1n) is 10.5. The Morgan fingerprint density at radius 1 is 1.17 bits per heavy atom. The number of nitrogens with one attached hydrogen (secondary N) is 2. The lowest BCUT2D eigenvalue weighted by molar-refractivity contribution is 0.0525. The third kappa shape index (κ3) is 4.67. The number of hydrogen-bond donors (Lipinski definition) is 2. The average molecular weight is 414 g/mol. The van der Waals surface area contributed by atoms with Crippen LogP contribution in [0.3, 0.4) is 0 Å². The van der Waals surface area contributed by atoms with E-state index in [0.717, 1.165) is 24.4 Å². The van der Waals surface area contributed by atoms with E-state index < -0.39 is 5.97 Å². The van der Waals surface area contributed by atoms with Crippen LogP contribution in [0.15, 0.2) is 24.3 Å². The monoisotopic (exact) mass is 413 g/mol. The van der Waals surface area contributed by atoms with Gasteiger partial charge in [-0.05, 0) is 70.0 Å². The zero-order chi connectivity index (χ0) is 21.7. The van der Waals surface area contributed by atoms with Crippen LogP contribution in [0.5, 0.6) is 5.75 Å². The molecule has 3 rings (SSSR count). The second-order valence-electron chi connectivity index (χ2n) is 7.59. The normalized spacial score (nSPS) is 15.1. The summed E-state index contributed by atoms with van der Waals surface area (Å²) in [6.07, 6.45) is 2.33. The van der Waals surface area contributed by atoms with Gasteiger partial charge in [0.1, 0.15) is 11.4 Å². The molecular formula is C23H31N3O4. The van der Waals surface area contributed by atoms with Gasteiger partial charge in [0.05, 0.1) is 25.3 Å². The zero-order valence-electron chi connectivity index (χ0n) is 18.2. The minimum atomic E-state index is -0.407. The molecule has 1 fully saturated rings. The van der Waals surface area contributed by atoms with Crippen LogP contribution in [0.1, 0.15) is 63.5 Å². The number of aromatic amines is 1. The summed E-state index contributed by atoms with van der Waals surface area (Å²) in [5.74, 6) is 0.187. The number of nitrogens with zero attached hydrogens (tertiary/aromatic N) is 1. The summed E-state index contributed by atoms with van der Waals surface area (Å²) in [5.41, 5.74) is 3.25. The zero-order valence-corrected chi connectivity index (χ0v) is 18.2. The van der Waals surface area contributed by atoms with Crippen LogP contribution in [0.4, 0.5) is 0 Å². The maximum atomic E-state index is 12.9. The lowest BCUT2D eigenvalue weighted by Gasteiger charge is -2.28. The van der Waals surface area contributed by atoms with Gasteiger partial charge in [-0.3, -0.25) is 9.69 Å². The molecular weight excluding hydrogens is 382 g/mol. The molecule has 1 aliphatic rings. The molecule has 1 saturated heterocycles. The SMILES string of the molecule is CCOC(=O)c1c(C)[nH]c(C(=O)NC[C@@H](c2ccc(OC)cc2)N2CCCC2)c1C. The van der Waals surface area contributed by atoms with Gasteiger partial charge in [-0.1, -0.05) is 12.1 Å². The van der Waals surface area contributed by atoms with Gasteiger partial charge in [0, 0.05) is 12.2 Å². The molecule has 0 bridgehead atoms. The smallest absolute Gasteiger partial charge is 0.340 e. The van der Waals surface area contributed by atoms with Crippen LogP contribution in [0, 0.1) is 13.8 Å². The van der Waals surface area contributed by atoms with Crippen LogP contribution in [-0.4, -0.2) is 55.1 Å². The summed E-state index contributed by atoms with van der Waals surface area (Å²) in [6, 6.07) is 8.09. The summed E-state index contributed by atoms with van der Waals surface area (Å²) in [6.45, 7) is 8.12. The number of benzene rings is 1. The number of aryl methyl sites for hydroxylation is 1. The molecule has 162 valence electrons. The molecule has 30 heavy (non-hydrogen) atoms. The van der Waals surface area contributed by atoms with Crippen molar-refractivity contribution in [3.8, 4) is 5.75 Å². The maximum absolute atomic E-state index is 12.9. The largest absolute Gasteiger partial charge is 0.497 e. The van der Waals surface area contributed by atoms with E-state index in [1.807, 2.05) is 12.1 Å². The van der Waals surface area contributed by atoms with Crippen molar-refractivity contribution in [2.24, 2.45) is 0 Å². The highest BCUT2D eigenvalue weighted by molar-refractivity contribution is 6.00. The van der Waals surface area contributed by atoms with Crippen LogP contribution in [0.25, 0.3) is 0 Å². The second-order valence-corrected chi connectivity index (χ2v) is 7.59. The van der Waals surface area contributed by atoms with E-state index in [1.165, 1.54) is 12.8 Å². The summed E-state index contributed by atoms with van der Waals surface area (Å²) >= 11 is 0. The quantitative estimate of drug-likeness (QED) is 0.648. The van der Waals surface area contributed by atoms with E-state index in [9.17, 15) is 9.59 Å². The summed E-state index contributed by atoms with van der Waals surface area (Å²) in [5, 5.41) is 3.06. The van der Waals surface area contributed by atoms with Gasteiger partial charge in [0.25, 0.3) is 5.91 Å². The molecule has 7 nitrogen and oxygen atoms in total. The number of hydrogen-bond acceptors (Lipinski definition) is 5. The average Bonchev–Trinajstić information content (AvgIpc) is 3.37. The van der Waals surface area contributed by atoms with E-state index in [-0.39, 0.29) is 11.9 Å². The number of H-pyrrole nitrogens is 1. The Kier molecular flexibility index (Phi) is 7.15. The highest BCUT2D eigenvalue weighted by Crippen LogP contribution is 2.26. The van der Waals surface area contributed by atoms with Gasteiger partial charge < -0.3 is 19.8 Å². The molecule has 1 aliphatic heterocycles. The number of carbonyl (C=O) groups excluding carboxylic acids is 2. The van der Waals surface area contributed by atoms with Crippen LogP contribution in [0.2, 0.25) is 0 Å². The van der Waals surface area contributed by atoms with Crippen molar-refractivity contribution >= 4 is 11.9 Å². The standard InChI is InChI=1S/C23H31N3O4/c1-5-30-23(28)20-15(2)21(25-16(20)3)22(27)24-14-19(26-12-6-7-13-26)17-8-10-18(29-4)11-9-17/h8-11,19,25H,5-7,12-14H2,1-4H3,(H,24,27)/t19-/m0/s1. The maximum Gasteiger partial charge on any atom is 0.340 e. The fraction of sp³-hybridized carbons (Fsp3) is 0.478. The van der Waals surface area contributed by atoms with Crippen molar-refractivity contribution in [3.63, 3.8) is 0 Å². The molecule has 2 N–H and O–H groups in total. The van der Waals surface area contributed by atoms with Gasteiger partial charge in [-0.2, -0.15) is 0 Å². The van der Waals surface area contributed by atoms with Gasteiger partial charge in [-0.25, -0.2) is 4.79 Å². The van der Waals surface area contributed by atoms with Gasteiger partial charge in [-0.15, -0.1) is 0 Å². The first kappa shape index (κ1) is 21.9. The number of likely N-dealkylation sites (tertiary alicyclic amines) is 1. The van der Waals surface area contributed by atoms with E-state index in [0.29, 0.717) is 35.7 Å². The number of amides is 1. The highest BCUT2D eigenvalue weighted by atomic mass is 16.5. The van der Waals surface area contributed by atoms with Crippen molar-refractivity contribution in [3.05, 3.63) is 52.3 Å². The van der Waals surface area contributed by atoms with E-state index in [1.54, 1.807) is 27.9 Å². The molecule has 1 aromatic carbocycles. The molecule has 0 radical (unpaired) electrons. The van der Waals surface area contributed by atoms with Crippen molar-refractivity contribution in [2.45, 2.75) is 39.7 Å². The van der Waals surface area contributed by atoms with Crippen LogP contribution >= 0.6 is 0 Å². The van der Waals surface area contributed by atoms with E-state index in [4.69, 9.17) is 9.47 Å². The first-order valence-corrected chi connectivity index (χ1v) is 10.5. The molecule has 0 aliphatic carbocycles. The first-order chi connectivity index (χ1) is 14.5. The third-order valence-electron chi connectivity index (χ3n) is 5.68. The molecule has 0 spiro atoms. The number of rotatable bonds is 8.